The zero-order valence-corrected chi connectivity index (χ0v) is 14.2. The minimum Gasteiger partial charge on any atom is -0.475 e. The lowest BCUT2D eigenvalue weighted by Gasteiger charge is -2.42. The minimum absolute atomic E-state index is 0.0185. The van der Waals surface area contributed by atoms with Crippen LogP contribution in [0.25, 0.3) is 0 Å². The number of amides is 1. The number of ether oxygens (including phenoxy) is 2. The predicted molar refractivity (Wildman–Crippen MR) is 89.0 cm³/mol. The second kappa shape index (κ2) is 6.95. The summed E-state index contributed by atoms with van der Waals surface area (Å²) in [4.78, 5) is 26.5. The lowest BCUT2D eigenvalue weighted by molar-refractivity contribution is -0.0340. The normalized spacial score (nSPS) is 25.0. The number of carbonyl (C=O) groups excluding carboxylic acids is 1. The molecule has 0 aromatic carbocycles. The lowest BCUT2D eigenvalue weighted by Crippen LogP contribution is -2.54. The van der Waals surface area contributed by atoms with Gasteiger partial charge in [0.25, 0.3) is 5.91 Å². The van der Waals surface area contributed by atoms with Gasteiger partial charge < -0.3 is 14.4 Å². The molecule has 1 amide bonds. The molecule has 2 atom stereocenters. The largest absolute Gasteiger partial charge is 0.475 e. The van der Waals surface area contributed by atoms with E-state index in [0.717, 1.165) is 6.42 Å². The predicted octanol–water partition coefficient (Wildman–Crippen LogP) is 1.71. The van der Waals surface area contributed by atoms with Crippen LogP contribution < -0.4 is 4.74 Å². The van der Waals surface area contributed by atoms with Crippen LogP contribution >= 0.6 is 0 Å². The van der Waals surface area contributed by atoms with E-state index in [-0.39, 0.29) is 35.7 Å². The molecule has 0 aliphatic carbocycles. The maximum Gasteiger partial charge on any atom is 0.291 e. The van der Waals surface area contributed by atoms with Gasteiger partial charge >= 0.3 is 0 Å². The molecule has 8 heteroatoms. The number of likely N-dealkylation sites (tertiary alicyclic amines) is 1. The second-order valence-corrected chi connectivity index (χ2v) is 6.64. The molecule has 2 aliphatic heterocycles. The van der Waals surface area contributed by atoms with E-state index in [2.05, 4.69) is 15.0 Å². The molecule has 136 valence electrons. The molecule has 2 aromatic heterocycles. The highest BCUT2D eigenvalue weighted by Crippen LogP contribution is 2.41. The van der Waals surface area contributed by atoms with Gasteiger partial charge in [-0.3, -0.25) is 4.79 Å². The molecule has 0 spiro atoms. The summed E-state index contributed by atoms with van der Waals surface area (Å²) in [6, 6.07) is 4.50. The molecule has 26 heavy (non-hydrogen) atoms. The minimum atomic E-state index is -0.499. The van der Waals surface area contributed by atoms with Gasteiger partial charge in [-0.05, 0) is 31.0 Å². The molecule has 4 rings (SSSR count). The van der Waals surface area contributed by atoms with Gasteiger partial charge in [0.2, 0.25) is 11.7 Å². The Kier molecular flexibility index (Phi) is 4.50. The first kappa shape index (κ1) is 16.8. The fourth-order valence-electron chi connectivity index (χ4n) is 3.67. The Bertz CT molecular complexity index is 791. The van der Waals surface area contributed by atoms with Crippen LogP contribution in [0, 0.1) is 11.2 Å². The average Bonchev–Trinajstić information content (AvgIpc) is 3.11. The summed E-state index contributed by atoms with van der Waals surface area (Å²) in [6.45, 7) is 1.87. The number of rotatable bonds is 4. The van der Waals surface area contributed by atoms with Crippen LogP contribution in [0.1, 0.15) is 23.5 Å². The number of pyridine rings is 1. The van der Waals surface area contributed by atoms with E-state index in [1.807, 2.05) is 0 Å². The third kappa shape index (κ3) is 3.12. The summed E-state index contributed by atoms with van der Waals surface area (Å²) in [5, 5.41) is 0. The first-order chi connectivity index (χ1) is 12.7. The van der Waals surface area contributed by atoms with Gasteiger partial charge in [-0.25, -0.2) is 19.3 Å². The standard InChI is InChI=1S/C18H19FN4O3/c19-13-3-1-6-22-16(13)26-12-18-5-10-25-14(18)4-9-23(11-18)17(24)15-20-7-2-8-21-15/h1-3,6-8,14H,4-5,9-12H2/t14-,18+/m1/s1. The Morgan fingerprint density at radius 2 is 2.12 bits per heavy atom. The smallest absolute Gasteiger partial charge is 0.291 e. The van der Waals surface area contributed by atoms with E-state index in [0.29, 0.717) is 26.1 Å². The monoisotopic (exact) mass is 358 g/mol. The summed E-state index contributed by atoms with van der Waals surface area (Å²) >= 11 is 0. The van der Waals surface area contributed by atoms with Crippen molar-refractivity contribution in [2.75, 3.05) is 26.3 Å². The number of hydrogen-bond donors (Lipinski definition) is 0. The summed E-state index contributed by atoms with van der Waals surface area (Å²) in [6.07, 6.45) is 6.01. The van der Waals surface area contributed by atoms with Crippen molar-refractivity contribution in [3.05, 3.63) is 48.4 Å². The van der Waals surface area contributed by atoms with Crippen LogP contribution in [0.2, 0.25) is 0 Å². The van der Waals surface area contributed by atoms with E-state index in [1.165, 1.54) is 18.3 Å². The molecule has 4 heterocycles. The zero-order chi connectivity index (χ0) is 18.0. The molecule has 2 saturated heterocycles. The van der Waals surface area contributed by atoms with Gasteiger partial charge in [-0.1, -0.05) is 0 Å². The lowest BCUT2D eigenvalue weighted by atomic mass is 9.77. The number of carbonyl (C=O) groups is 1. The molecule has 0 radical (unpaired) electrons. The third-order valence-electron chi connectivity index (χ3n) is 5.03. The Hall–Kier alpha value is -2.61. The van der Waals surface area contributed by atoms with E-state index >= 15 is 0 Å². The van der Waals surface area contributed by atoms with Crippen molar-refractivity contribution in [2.24, 2.45) is 5.41 Å². The van der Waals surface area contributed by atoms with Crippen LogP contribution in [0.5, 0.6) is 5.88 Å². The van der Waals surface area contributed by atoms with E-state index < -0.39 is 5.82 Å². The maximum absolute atomic E-state index is 13.8. The van der Waals surface area contributed by atoms with E-state index in [1.54, 1.807) is 23.4 Å². The first-order valence-electron chi connectivity index (χ1n) is 8.59. The highest BCUT2D eigenvalue weighted by molar-refractivity contribution is 5.90. The number of fused-ring (bicyclic) bond motifs is 1. The molecule has 0 unspecified atom stereocenters. The van der Waals surface area contributed by atoms with Gasteiger partial charge in [0, 0.05) is 38.3 Å². The summed E-state index contributed by atoms with van der Waals surface area (Å²) < 4.78 is 25.3. The quantitative estimate of drug-likeness (QED) is 0.828. The van der Waals surface area contributed by atoms with Crippen molar-refractivity contribution < 1.29 is 18.7 Å². The van der Waals surface area contributed by atoms with Crippen molar-refractivity contribution in [2.45, 2.75) is 18.9 Å². The van der Waals surface area contributed by atoms with Crippen molar-refractivity contribution in [1.29, 1.82) is 0 Å². The van der Waals surface area contributed by atoms with Crippen LogP contribution in [0.15, 0.2) is 36.8 Å². The van der Waals surface area contributed by atoms with E-state index in [9.17, 15) is 9.18 Å². The molecule has 7 nitrogen and oxygen atoms in total. The second-order valence-electron chi connectivity index (χ2n) is 6.64. The molecule has 2 aromatic rings. The fraction of sp³-hybridized carbons (Fsp3) is 0.444. The highest BCUT2D eigenvalue weighted by Gasteiger charge is 2.50. The molecule has 0 N–H and O–H groups in total. The number of piperidine rings is 1. The Labute approximate surface area is 150 Å². The van der Waals surface area contributed by atoms with Crippen LogP contribution in [0.4, 0.5) is 4.39 Å². The van der Waals surface area contributed by atoms with Gasteiger partial charge in [0.05, 0.1) is 18.1 Å². The maximum atomic E-state index is 13.8. The molecule has 2 fully saturated rings. The average molecular weight is 358 g/mol. The van der Waals surface area contributed by atoms with Gasteiger partial charge in [0.1, 0.15) is 0 Å². The molecular weight excluding hydrogens is 339 g/mol. The van der Waals surface area contributed by atoms with Crippen molar-refractivity contribution in [1.82, 2.24) is 19.9 Å². The van der Waals surface area contributed by atoms with Crippen LogP contribution in [0.3, 0.4) is 0 Å². The van der Waals surface area contributed by atoms with Crippen molar-refractivity contribution >= 4 is 5.91 Å². The number of nitrogens with zero attached hydrogens (tertiary/aromatic N) is 4. The van der Waals surface area contributed by atoms with E-state index in [4.69, 9.17) is 9.47 Å². The van der Waals surface area contributed by atoms with Crippen molar-refractivity contribution in [3.8, 4) is 5.88 Å². The Balaban J connectivity index is 1.51. The molecular formula is C18H19FN4O3. The van der Waals surface area contributed by atoms with Gasteiger partial charge in [-0.2, -0.15) is 0 Å². The van der Waals surface area contributed by atoms with Crippen LogP contribution in [-0.4, -0.2) is 58.2 Å². The summed E-state index contributed by atoms with van der Waals surface area (Å²) in [5.41, 5.74) is -0.382. The van der Waals surface area contributed by atoms with Crippen molar-refractivity contribution in [3.63, 3.8) is 0 Å². The van der Waals surface area contributed by atoms with Gasteiger partial charge in [-0.15, -0.1) is 0 Å². The molecule has 0 bridgehead atoms. The fourth-order valence-corrected chi connectivity index (χ4v) is 3.67. The first-order valence-corrected chi connectivity index (χ1v) is 8.59. The number of halogens is 1. The highest BCUT2D eigenvalue weighted by atomic mass is 19.1. The zero-order valence-electron chi connectivity index (χ0n) is 14.2. The molecule has 0 saturated carbocycles. The third-order valence-corrected chi connectivity index (χ3v) is 5.03. The Morgan fingerprint density at radius 3 is 2.92 bits per heavy atom. The number of aromatic nitrogens is 3. The summed E-state index contributed by atoms with van der Waals surface area (Å²) in [7, 11) is 0. The topological polar surface area (TPSA) is 77.4 Å². The van der Waals surface area contributed by atoms with Gasteiger partial charge in [0.15, 0.2) is 5.82 Å². The number of hydrogen-bond acceptors (Lipinski definition) is 6. The van der Waals surface area contributed by atoms with Crippen LogP contribution in [-0.2, 0) is 4.74 Å². The Morgan fingerprint density at radius 1 is 1.31 bits per heavy atom. The summed E-state index contributed by atoms with van der Waals surface area (Å²) in [5.74, 6) is -0.556. The molecule has 2 aliphatic rings. The SMILES string of the molecule is O=C(c1ncccn1)N1CC[C@H]2OCC[C@@]2(COc2ncccc2F)C1.